The second-order valence-electron chi connectivity index (χ2n) is 4.64. The maximum Gasteiger partial charge on any atom is 0.154 e. The number of aromatic nitrogens is 1. The Hall–Kier alpha value is -0.880. The number of ether oxygens (including phenoxy) is 1. The average Bonchev–Trinajstić information content (AvgIpc) is 2.83. The SMILES string of the molecule is COCCNCc1cc(C)ccc1Sc1nc(C)cs1. The molecule has 0 aliphatic heterocycles. The van der Waals surface area contributed by atoms with Gasteiger partial charge in [0.15, 0.2) is 4.34 Å². The van der Waals surface area contributed by atoms with Crippen LogP contribution in [0.15, 0.2) is 32.8 Å². The van der Waals surface area contributed by atoms with Crippen LogP contribution in [0.4, 0.5) is 0 Å². The summed E-state index contributed by atoms with van der Waals surface area (Å²) in [4.78, 5) is 5.79. The molecule has 3 nitrogen and oxygen atoms in total. The molecule has 5 heteroatoms. The highest BCUT2D eigenvalue weighted by Crippen LogP contribution is 2.33. The summed E-state index contributed by atoms with van der Waals surface area (Å²) in [6.07, 6.45) is 0. The third-order valence-electron chi connectivity index (χ3n) is 2.81. The van der Waals surface area contributed by atoms with Gasteiger partial charge in [-0.05, 0) is 25.5 Å². The van der Waals surface area contributed by atoms with E-state index < -0.39 is 0 Å². The first kappa shape index (κ1) is 15.5. The topological polar surface area (TPSA) is 34.1 Å². The molecule has 0 aliphatic carbocycles. The van der Waals surface area contributed by atoms with E-state index in [0.29, 0.717) is 0 Å². The molecule has 0 saturated carbocycles. The van der Waals surface area contributed by atoms with E-state index >= 15 is 0 Å². The molecular formula is C15H20N2OS2. The number of benzene rings is 1. The van der Waals surface area contributed by atoms with Crippen LogP contribution >= 0.6 is 23.1 Å². The second-order valence-corrected chi connectivity index (χ2v) is 6.78. The largest absolute Gasteiger partial charge is 0.383 e. The Morgan fingerprint density at radius 2 is 2.20 bits per heavy atom. The van der Waals surface area contributed by atoms with Gasteiger partial charge in [0.05, 0.1) is 6.61 Å². The summed E-state index contributed by atoms with van der Waals surface area (Å²) in [6.45, 7) is 6.62. The second kappa shape index (κ2) is 7.78. The lowest BCUT2D eigenvalue weighted by molar-refractivity contribution is 0.199. The van der Waals surface area contributed by atoms with Crippen molar-refractivity contribution in [2.45, 2.75) is 29.6 Å². The van der Waals surface area contributed by atoms with Crippen molar-refractivity contribution < 1.29 is 4.74 Å². The molecular weight excluding hydrogens is 288 g/mol. The molecule has 0 bridgehead atoms. The predicted molar refractivity (Wildman–Crippen MR) is 85.7 cm³/mol. The highest BCUT2D eigenvalue weighted by molar-refractivity contribution is 8.01. The van der Waals surface area contributed by atoms with Gasteiger partial charge in [-0.25, -0.2) is 4.98 Å². The molecule has 0 fully saturated rings. The Kier molecular flexibility index (Phi) is 6.04. The summed E-state index contributed by atoms with van der Waals surface area (Å²) in [6, 6.07) is 6.58. The van der Waals surface area contributed by atoms with E-state index in [2.05, 4.69) is 40.8 Å². The number of nitrogens with one attached hydrogen (secondary N) is 1. The van der Waals surface area contributed by atoms with Gasteiger partial charge in [-0.2, -0.15) is 0 Å². The quantitative estimate of drug-likeness (QED) is 0.792. The first-order valence-electron chi connectivity index (χ1n) is 6.58. The van der Waals surface area contributed by atoms with Crippen LogP contribution in [-0.2, 0) is 11.3 Å². The summed E-state index contributed by atoms with van der Waals surface area (Å²) in [7, 11) is 1.72. The van der Waals surface area contributed by atoms with Gasteiger partial charge in [0.1, 0.15) is 0 Å². The summed E-state index contributed by atoms with van der Waals surface area (Å²) >= 11 is 3.44. The lowest BCUT2D eigenvalue weighted by Crippen LogP contribution is -2.18. The molecule has 2 rings (SSSR count). The summed E-state index contributed by atoms with van der Waals surface area (Å²) in [5, 5.41) is 5.50. The lowest BCUT2D eigenvalue weighted by Gasteiger charge is -2.10. The molecule has 1 N–H and O–H groups in total. The van der Waals surface area contributed by atoms with Crippen LogP contribution in [0, 0.1) is 13.8 Å². The minimum atomic E-state index is 0.736. The monoisotopic (exact) mass is 308 g/mol. The highest BCUT2D eigenvalue weighted by atomic mass is 32.2. The van der Waals surface area contributed by atoms with E-state index in [1.165, 1.54) is 16.0 Å². The molecule has 0 aliphatic rings. The van der Waals surface area contributed by atoms with Gasteiger partial charge in [0.25, 0.3) is 0 Å². The molecule has 1 aromatic heterocycles. The molecule has 1 aromatic carbocycles. The van der Waals surface area contributed by atoms with Crippen molar-refractivity contribution in [3.05, 3.63) is 40.4 Å². The van der Waals surface area contributed by atoms with Crippen molar-refractivity contribution in [2.75, 3.05) is 20.3 Å². The third kappa shape index (κ3) is 4.59. The fraction of sp³-hybridized carbons (Fsp3) is 0.400. The zero-order chi connectivity index (χ0) is 14.4. The van der Waals surface area contributed by atoms with Crippen molar-refractivity contribution in [3.63, 3.8) is 0 Å². The minimum Gasteiger partial charge on any atom is -0.383 e. The number of hydrogen-bond donors (Lipinski definition) is 1. The lowest BCUT2D eigenvalue weighted by atomic mass is 10.1. The zero-order valence-corrected chi connectivity index (χ0v) is 13.7. The molecule has 20 heavy (non-hydrogen) atoms. The first-order valence-corrected chi connectivity index (χ1v) is 8.28. The van der Waals surface area contributed by atoms with E-state index in [1.54, 1.807) is 30.2 Å². The maximum absolute atomic E-state index is 5.06. The summed E-state index contributed by atoms with van der Waals surface area (Å²) in [5.74, 6) is 0. The van der Waals surface area contributed by atoms with Crippen molar-refractivity contribution in [1.29, 1.82) is 0 Å². The van der Waals surface area contributed by atoms with Gasteiger partial charge in [0.2, 0.25) is 0 Å². The number of hydrogen-bond acceptors (Lipinski definition) is 5. The van der Waals surface area contributed by atoms with Crippen molar-refractivity contribution in [3.8, 4) is 0 Å². The number of nitrogens with zero attached hydrogens (tertiary/aromatic N) is 1. The standard InChI is InChI=1S/C15H20N2OS2/c1-11-4-5-14(20-15-17-12(2)10-19-15)13(8-11)9-16-6-7-18-3/h4-5,8,10,16H,6-7,9H2,1-3H3. The van der Waals surface area contributed by atoms with Gasteiger partial charge in [0, 0.05) is 36.2 Å². The molecule has 0 spiro atoms. The van der Waals surface area contributed by atoms with E-state index in [-0.39, 0.29) is 0 Å². The zero-order valence-electron chi connectivity index (χ0n) is 12.1. The Morgan fingerprint density at radius 1 is 1.35 bits per heavy atom. The molecule has 0 atom stereocenters. The van der Waals surface area contributed by atoms with Gasteiger partial charge in [-0.1, -0.05) is 29.5 Å². The van der Waals surface area contributed by atoms with Crippen LogP contribution in [0.2, 0.25) is 0 Å². The number of rotatable bonds is 7. The van der Waals surface area contributed by atoms with E-state index in [4.69, 9.17) is 4.74 Å². The van der Waals surface area contributed by atoms with Crippen molar-refractivity contribution in [2.24, 2.45) is 0 Å². The van der Waals surface area contributed by atoms with Crippen LogP contribution in [0.25, 0.3) is 0 Å². The van der Waals surface area contributed by atoms with Crippen molar-refractivity contribution >= 4 is 23.1 Å². The van der Waals surface area contributed by atoms with Gasteiger partial charge >= 0.3 is 0 Å². The average molecular weight is 308 g/mol. The smallest absolute Gasteiger partial charge is 0.154 e. The van der Waals surface area contributed by atoms with Crippen LogP contribution in [0.3, 0.4) is 0 Å². The molecule has 1 heterocycles. The summed E-state index contributed by atoms with van der Waals surface area (Å²) < 4.78 is 6.16. The fourth-order valence-electron chi connectivity index (χ4n) is 1.82. The molecule has 0 unspecified atom stereocenters. The molecule has 108 valence electrons. The van der Waals surface area contributed by atoms with Gasteiger partial charge in [-0.15, -0.1) is 11.3 Å². The first-order chi connectivity index (χ1) is 9.69. The third-order valence-corrected chi connectivity index (χ3v) is 4.98. The maximum atomic E-state index is 5.06. The minimum absolute atomic E-state index is 0.736. The van der Waals surface area contributed by atoms with Crippen molar-refractivity contribution in [1.82, 2.24) is 10.3 Å². The molecule has 2 aromatic rings. The predicted octanol–water partition coefficient (Wildman–Crippen LogP) is 3.65. The van der Waals surface area contributed by atoms with E-state index in [1.807, 2.05) is 6.92 Å². The van der Waals surface area contributed by atoms with Gasteiger partial charge < -0.3 is 10.1 Å². The van der Waals surface area contributed by atoms with Crippen LogP contribution in [-0.4, -0.2) is 25.2 Å². The summed E-state index contributed by atoms with van der Waals surface area (Å²) in [5.41, 5.74) is 3.69. The molecule has 0 amide bonds. The van der Waals surface area contributed by atoms with Crippen LogP contribution < -0.4 is 5.32 Å². The number of methoxy groups -OCH3 is 1. The van der Waals surface area contributed by atoms with Crippen LogP contribution in [0.5, 0.6) is 0 Å². The Labute approximate surface area is 128 Å². The number of thiazole rings is 1. The van der Waals surface area contributed by atoms with E-state index in [0.717, 1.165) is 29.7 Å². The number of aryl methyl sites for hydroxylation is 2. The normalized spacial score (nSPS) is 10.9. The highest BCUT2D eigenvalue weighted by Gasteiger charge is 2.07. The van der Waals surface area contributed by atoms with E-state index in [9.17, 15) is 0 Å². The Balaban J connectivity index is 2.06. The fourth-order valence-corrected chi connectivity index (χ4v) is 3.72. The Bertz CT molecular complexity index is 555. The van der Waals surface area contributed by atoms with Crippen LogP contribution in [0.1, 0.15) is 16.8 Å². The molecule has 0 saturated heterocycles. The Morgan fingerprint density at radius 3 is 2.90 bits per heavy atom. The van der Waals surface area contributed by atoms with Gasteiger partial charge in [-0.3, -0.25) is 0 Å². The molecule has 0 radical (unpaired) electrons.